The number of nitrogens with zero attached hydrogens (tertiary/aromatic N) is 1. The van der Waals surface area contributed by atoms with Crippen molar-refractivity contribution in [3.63, 3.8) is 0 Å². The minimum atomic E-state index is -3.32. The van der Waals surface area contributed by atoms with Gasteiger partial charge in [-0.05, 0) is 36.6 Å². The van der Waals surface area contributed by atoms with Crippen LogP contribution in [0.3, 0.4) is 0 Å². The first-order valence-electron chi connectivity index (χ1n) is 7.81. The van der Waals surface area contributed by atoms with Gasteiger partial charge in [0, 0.05) is 24.4 Å². The van der Waals surface area contributed by atoms with Gasteiger partial charge in [0.25, 0.3) is 5.91 Å². The fourth-order valence-electron chi connectivity index (χ4n) is 2.82. The van der Waals surface area contributed by atoms with Crippen LogP contribution >= 0.6 is 0 Å². The number of sulfone groups is 2. The Hall–Kier alpha value is -1.41. The molecule has 1 heterocycles. The molecule has 0 aliphatic carbocycles. The number of carbonyl (C=O) groups excluding carboxylic acids is 1. The van der Waals surface area contributed by atoms with Crippen LogP contribution in [-0.2, 0) is 19.7 Å². The molecular formula is C16H23NO5S2. The van der Waals surface area contributed by atoms with E-state index in [0.717, 1.165) is 6.26 Å². The maximum Gasteiger partial charge on any atom is 0.254 e. The van der Waals surface area contributed by atoms with E-state index >= 15 is 0 Å². The average Bonchev–Trinajstić information content (AvgIpc) is 2.83. The van der Waals surface area contributed by atoms with E-state index in [1.54, 1.807) is 4.90 Å². The van der Waals surface area contributed by atoms with Gasteiger partial charge in [0.2, 0.25) is 0 Å². The van der Waals surface area contributed by atoms with Crippen molar-refractivity contribution >= 4 is 25.6 Å². The summed E-state index contributed by atoms with van der Waals surface area (Å²) in [6.45, 7) is 4.40. The van der Waals surface area contributed by atoms with Crippen LogP contribution in [0.5, 0.6) is 0 Å². The summed E-state index contributed by atoms with van der Waals surface area (Å²) in [6.07, 6.45) is 1.56. The van der Waals surface area contributed by atoms with Gasteiger partial charge in [0.1, 0.15) is 0 Å². The van der Waals surface area contributed by atoms with Crippen LogP contribution in [0, 0.1) is 5.92 Å². The van der Waals surface area contributed by atoms with Crippen LogP contribution in [-0.4, -0.2) is 58.0 Å². The molecule has 1 aliphatic rings. The van der Waals surface area contributed by atoms with E-state index in [4.69, 9.17) is 0 Å². The Balaban J connectivity index is 2.28. The molecule has 0 N–H and O–H groups in total. The topological polar surface area (TPSA) is 88.6 Å². The summed E-state index contributed by atoms with van der Waals surface area (Å²) in [5.41, 5.74) is 0.368. The lowest BCUT2D eigenvalue weighted by Crippen LogP contribution is -2.43. The molecule has 1 saturated heterocycles. The van der Waals surface area contributed by atoms with Crippen LogP contribution < -0.4 is 0 Å². The number of hydrogen-bond acceptors (Lipinski definition) is 5. The van der Waals surface area contributed by atoms with E-state index in [1.165, 1.54) is 24.3 Å². The van der Waals surface area contributed by atoms with Gasteiger partial charge in [-0.2, -0.15) is 0 Å². The molecule has 0 radical (unpaired) electrons. The summed E-state index contributed by atoms with van der Waals surface area (Å²) < 4.78 is 46.5. The molecule has 8 heteroatoms. The van der Waals surface area contributed by atoms with E-state index in [9.17, 15) is 21.6 Å². The van der Waals surface area contributed by atoms with Crippen LogP contribution in [0.4, 0.5) is 0 Å². The maximum atomic E-state index is 12.8. The molecular weight excluding hydrogens is 350 g/mol. The highest BCUT2D eigenvalue weighted by atomic mass is 32.2. The molecule has 6 nitrogen and oxygen atoms in total. The highest BCUT2D eigenvalue weighted by molar-refractivity contribution is 7.91. The monoisotopic (exact) mass is 373 g/mol. The Morgan fingerprint density at radius 2 is 1.83 bits per heavy atom. The zero-order chi connectivity index (χ0) is 18.1. The third-order valence-electron chi connectivity index (χ3n) is 4.00. The van der Waals surface area contributed by atoms with Gasteiger partial charge >= 0.3 is 0 Å². The number of benzene rings is 1. The lowest BCUT2D eigenvalue weighted by molar-refractivity contribution is 0.0672. The van der Waals surface area contributed by atoms with Gasteiger partial charge in [-0.1, -0.05) is 13.8 Å². The number of carbonyl (C=O) groups is 1. The van der Waals surface area contributed by atoms with Gasteiger partial charge in [0.15, 0.2) is 19.7 Å². The molecule has 1 atom stereocenters. The molecule has 1 aromatic carbocycles. The smallest absolute Gasteiger partial charge is 0.254 e. The largest absolute Gasteiger partial charge is 0.334 e. The van der Waals surface area contributed by atoms with Crippen molar-refractivity contribution in [1.29, 1.82) is 0 Å². The zero-order valence-corrected chi connectivity index (χ0v) is 15.7. The van der Waals surface area contributed by atoms with Crippen molar-refractivity contribution in [2.75, 3.05) is 24.3 Å². The molecule has 24 heavy (non-hydrogen) atoms. The lowest BCUT2D eigenvalue weighted by atomic mass is 10.1. The Bertz CT molecular complexity index is 811. The summed E-state index contributed by atoms with van der Waals surface area (Å²) in [6, 6.07) is 5.45. The number of amides is 1. The molecule has 0 unspecified atom stereocenters. The fourth-order valence-corrected chi connectivity index (χ4v) is 5.18. The first kappa shape index (κ1) is 18.9. The third-order valence-corrected chi connectivity index (χ3v) is 6.88. The Morgan fingerprint density at radius 3 is 2.25 bits per heavy atom. The Kier molecular flexibility index (Phi) is 5.39. The van der Waals surface area contributed by atoms with Gasteiger partial charge < -0.3 is 4.90 Å². The van der Waals surface area contributed by atoms with Crippen molar-refractivity contribution in [1.82, 2.24) is 4.90 Å². The highest BCUT2D eigenvalue weighted by Crippen LogP contribution is 2.22. The molecule has 2 rings (SSSR count). The van der Waals surface area contributed by atoms with Crippen LogP contribution in [0.25, 0.3) is 0 Å². The summed E-state index contributed by atoms with van der Waals surface area (Å²) in [4.78, 5) is 14.6. The van der Waals surface area contributed by atoms with E-state index in [0.29, 0.717) is 18.5 Å². The van der Waals surface area contributed by atoms with E-state index in [2.05, 4.69) is 0 Å². The molecule has 0 bridgehead atoms. The van der Waals surface area contributed by atoms with Crippen molar-refractivity contribution in [3.8, 4) is 0 Å². The van der Waals surface area contributed by atoms with E-state index < -0.39 is 19.7 Å². The van der Waals surface area contributed by atoms with Crippen molar-refractivity contribution in [2.24, 2.45) is 5.92 Å². The predicted molar refractivity (Wildman–Crippen MR) is 92.5 cm³/mol. The average molecular weight is 373 g/mol. The third kappa shape index (κ3) is 4.57. The molecule has 1 aromatic rings. The van der Waals surface area contributed by atoms with Crippen molar-refractivity contribution in [3.05, 3.63) is 29.8 Å². The maximum absolute atomic E-state index is 12.8. The Labute approximate surface area is 143 Å². The quantitative estimate of drug-likeness (QED) is 0.778. The Morgan fingerprint density at radius 1 is 1.25 bits per heavy atom. The predicted octanol–water partition coefficient (Wildman–Crippen LogP) is 1.38. The van der Waals surface area contributed by atoms with Crippen LogP contribution in [0.2, 0.25) is 0 Å². The second kappa shape index (κ2) is 6.84. The summed E-state index contributed by atoms with van der Waals surface area (Å²) in [5, 5.41) is 0. The van der Waals surface area contributed by atoms with E-state index in [1.807, 2.05) is 13.8 Å². The summed E-state index contributed by atoms with van der Waals surface area (Å²) in [5.74, 6) is 0.0396. The van der Waals surface area contributed by atoms with Crippen molar-refractivity contribution < 1.29 is 21.6 Å². The summed E-state index contributed by atoms with van der Waals surface area (Å²) >= 11 is 0. The molecule has 134 valence electrons. The second-order valence-corrected chi connectivity index (χ2v) is 10.9. The molecule has 0 aromatic heterocycles. The molecule has 0 saturated carbocycles. The number of rotatable bonds is 5. The normalized spacial score (nSPS) is 20.2. The minimum absolute atomic E-state index is 0.00706. The first-order chi connectivity index (χ1) is 11.0. The van der Waals surface area contributed by atoms with Gasteiger partial charge in [-0.25, -0.2) is 16.8 Å². The molecule has 1 aliphatic heterocycles. The summed E-state index contributed by atoms with van der Waals surface area (Å²) in [7, 11) is -6.41. The minimum Gasteiger partial charge on any atom is -0.334 e. The molecule has 1 amide bonds. The van der Waals surface area contributed by atoms with Crippen LogP contribution in [0.1, 0.15) is 30.6 Å². The number of hydrogen-bond donors (Lipinski definition) is 0. The standard InChI is InChI=1S/C16H23NO5S2/c1-12(2)10-17(14-8-9-24(21,22)11-14)16(18)13-4-6-15(7-5-13)23(3,19)20/h4-7,12,14H,8-11H2,1-3H3/t14-/m0/s1. The van der Waals surface area contributed by atoms with E-state index in [-0.39, 0.29) is 34.3 Å². The van der Waals surface area contributed by atoms with Crippen molar-refractivity contribution in [2.45, 2.75) is 31.2 Å². The second-order valence-electron chi connectivity index (χ2n) is 6.70. The van der Waals surface area contributed by atoms with Gasteiger partial charge in [0.05, 0.1) is 16.4 Å². The fraction of sp³-hybridized carbons (Fsp3) is 0.562. The molecule has 0 spiro atoms. The van der Waals surface area contributed by atoms with Gasteiger partial charge in [-0.15, -0.1) is 0 Å². The van der Waals surface area contributed by atoms with Crippen LogP contribution in [0.15, 0.2) is 29.2 Å². The zero-order valence-electron chi connectivity index (χ0n) is 14.1. The SMILES string of the molecule is CC(C)CN(C(=O)c1ccc(S(C)(=O)=O)cc1)[C@H]1CCS(=O)(=O)C1. The first-order valence-corrected chi connectivity index (χ1v) is 11.5. The molecule has 1 fully saturated rings. The lowest BCUT2D eigenvalue weighted by Gasteiger charge is -2.30. The van der Waals surface area contributed by atoms with Gasteiger partial charge in [-0.3, -0.25) is 4.79 Å². The highest BCUT2D eigenvalue weighted by Gasteiger charge is 2.35.